The quantitative estimate of drug-likeness (QED) is 0.796. The van der Waals surface area contributed by atoms with Crippen LogP contribution in [0.4, 0.5) is 0 Å². The predicted octanol–water partition coefficient (Wildman–Crippen LogP) is 4.22. The molecule has 2 fully saturated rings. The first kappa shape index (κ1) is 18.2. The first-order valence-electron chi connectivity index (χ1n) is 10.2. The molecule has 4 rings (SSSR count). The average Bonchev–Trinajstić information content (AvgIpc) is 3.03. The minimum atomic E-state index is -0.0323. The van der Waals surface area contributed by atoms with Gasteiger partial charge in [-0.1, -0.05) is 68.7 Å². The van der Waals surface area contributed by atoms with Crippen molar-refractivity contribution >= 4 is 5.91 Å². The molecule has 0 radical (unpaired) electrons. The molecule has 5 nitrogen and oxygen atoms in total. The maximum Gasteiger partial charge on any atom is 0.275 e. The minimum absolute atomic E-state index is 0.0258. The van der Waals surface area contributed by atoms with E-state index < -0.39 is 0 Å². The smallest absolute Gasteiger partial charge is 0.275 e. The number of rotatable bonds is 5. The second-order valence-electron chi connectivity index (χ2n) is 9.05. The van der Waals surface area contributed by atoms with E-state index in [1.165, 1.54) is 24.8 Å². The van der Waals surface area contributed by atoms with E-state index in [0.717, 1.165) is 19.3 Å². The minimum Gasteiger partial charge on any atom is -0.339 e. The summed E-state index contributed by atoms with van der Waals surface area (Å²) >= 11 is 0. The molecule has 1 amide bonds. The van der Waals surface area contributed by atoms with Crippen molar-refractivity contribution in [2.45, 2.75) is 63.8 Å². The zero-order valence-corrected chi connectivity index (χ0v) is 16.7. The van der Waals surface area contributed by atoms with Crippen molar-refractivity contribution in [3.8, 4) is 0 Å². The number of carbonyl (C=O) groups excluding carboxylic acids is 1. The Labute approximate surface area is 161 Å². The molecule has 5 heteroatoms. The van der Waals surface area contributed by atoms with Gasteiger partial charge in [-0.15, -0.1) is 5.10 Å². The van der Waals surface area contributed by atoms with Gasteiger partial charge >= 0.3 is 0 Å². The fraction of sp³-hybridized carbons (Fsp3) is 0.591. The van der Waals surface area contributed by atoms with Crippen molar-refractivity contribution in [1.82, 2.24) is 19.9 Å². The Balaban J connectivity index is 1.49. The van der Waals surface area contributed by atoms with E-state index in [0.29, 0.717) is 18.3 Å². The van der Waals surface area contributed by atoms with E-state index in [4.69, 9.17) is 0 Å². The third-order valence-corrected chi connectivity index (χ3v) is 6.77. The van der Waals surface area contributed by atoms with Crippen molar-refractivity contribution in [2.75, 3.05) is 13.6 Å². The van der Waals surface area contributed by atoms with Crippen LogP contribution >= 0.6 is 0 Å². The largest absolute Gasteiger partial charge is 0.339 e. The van der Waals surface area contributed by atoms with Crippen LogP contribution < -0.4 is 0 Å². The molecule has 27 heavy (non-hydrogen) atoms. The Morgan fingerprint density at radius 1 is 1.19 bits per heavy atom. The third-order valence-electron chi connectivity index (χ3n) is 6.77. The summed E-state index contributed by atoms with van der Waals surface area (Å²) in [6.45, 7) is 5.29. The van der Waals surface area contributed by atoms with Gasteiger partial charge < -0.3 is 4.90 Å². The van der Waals surface area contributed by atoms with Crippen LogP contribution in [0.5, 0.6) is 0 Å². The van der Waals surface area contributed by atoms with Crippen molar-refractivity contribution in [2.24, 2.45) is 5.41 Å². The SMILES string of the molecule is CN(C[C@]1(c2ccccc2)CC1(C)C)C(=O)c1cn(C2CCCCC2)nn1. The fourth-order valence-corrected chi connectivity index (χ4v) is 4.89. The monoisotopic (exact) mass is 366 g/mol. The molecular formula is C22H30N4O. The molecule has 2 aromatic rings. The van der Waals surface area contributed by atoms with E-state index in [-0.39, 0.29) is 16.7 Å². The standard InChI is InChI=1S/C22H30N4O/c1-21(2)15-22(21,17-10-6-4-7-11-17)16-25(3)20(27)19-14-26(24-23-19)18-12-8-5-9-13-18/h4,6-7,10-11,14,18H,5,8-9,12-13,15-16H2,1-3H3/t22-/m0/s1. The molecule has 2 saturated carbocycles. The lowest BCUT2D eigenvalue weighted by Gasteiger charge is -2.27. The molecular weight excluding hydrogens is 336 g/mol. The molecule has 0 aliphatic heterocycles. The van der Waals surface area contributed by atoms with Crippen LogP contribution in [0.1, 0.15) is 74.5 Å². The maximum absolute atomic E-state index is 13.0. The molecule has 0 unspecified atom stereocenters. The topological polar surface area (TPSA) is 51.0 Å². The van der Waals surface area contributed by atoms with E-state index in [2.05, 4.69) is 48.4 Å². The zero-order valence-electron chi connectivity index (χ0n) is 16.7. The van der Waals surface area contributed by atoms with Crippen LogP contribution in [-0.2, 0) is 5.41 Å². The van der Waals surface area contributed by atoms with Gasteiger partial charge in [-0.2, -0.15) is 0 Å². The summed E-state index contributed by atoms with van der Waals surface area (Å²) in [6.07, 6.45) is 9.00. The van der Waals surface area contributed by atoms with E-state index in [1.807, 2.05) is 28.9 Å². The normalized spacial score (nSPS) is 24.6. The molecule has 0 spiro atoms. The van der Waals surface area contributed by atoms with Crippen LogP contribution in [0.15, 0.2) is 36.5 Å². The Morgan fingerprint density at radius 2 is 1.85 bits per heavy atom. The van der Waals surface area contributed by atoms with Gasteiger partial charge in [-0.05, 0) is 30.2 Å². The Hall–Kier alpha value is -2.17. The molecule has 1 heterocycles. The summed E-state index contributed by atoms with van der Waals surface area (Å²) in [7, 11) is 1.89. The number of likely N-dealkylation sites (N-methyl/N-ethyl adjacent to an activating group) is 1. The second-order valence-corrected chi connectivity index (χ2v) is 9.05. The summed E-state index contributed by atoms with van der Waals surface area (Å²) in [6, 6.07) is 11.0. The summed E-state index contributed by atoms with van der Waals surface area (Å²) in [4.78, 5) is 14.8. The van der Waals surface area contributed by atoms with Gasteiger partial charge in [0.2, 0.25) is 0 Å². The molecule has 2 aliphatic carbocycles. The van der Waals surface area contributed by atoms with E-state index in [1.54, 1.807) is 0 Å². The van der Waals surface area contributed by atoms with Gasteiger partial charge in [0.25, 0.3) is 5.91 Å². The summed E-state index contributed by atoms with van der Waals surface area (Å²) in [5.74, 6) is -0.0323. The summed E-state index contributed by atoms with van der Waals surface area (Å²) in [5, 5.41) is 8.46. The number of nitrogens with zero attached hydrogens (tertiary/aromatic N) is 4. The highest BCUT2D eigenvalue weighted by Crippen LogP contribution is 2.64. The number of hydrogen-bond donors (Lipinski definition) is 0. The first-order valence-corrected chi connectivity index (χ1v) is 10.2. The van der Waals surface area contributed by atoms with Crippen LogP contribution in [-0.4, -0.2) is 39.4 Å². The van der Waals surface area contributed by atoms with E-state index in [9.17, 15) is 4.79 Å². The Bertz CT molecular complexity index is 807. The van der Waals surface area contributed by atoms with Crippen molar-refractivity contribution in [3.63, 3.8) is 0 Å². The number of aromatic nitrogens is 3. The number of benzene rings is 1. The predicted molar refractivity (Wildman–Crippen MR) is 106 cm³/mol. The van der Waals surface area contributed by atoms with Crippen LogP contribution in [0.3, 0.4) is 0 Å². The van der Waals surface area contributed by atoms with Crippen LogP contribution in [0, 0.1) is 5.41 Å². The molecule has 0 bridgehead atoms. The molecule has 2 aliphatic rings. The average molecular weight is 367 g/mol. The summed E-state index contributed by atoms with van der Waals surface area (Å²) in [5.41, 5.74) is 2.01. The van der Waals surface area contributed by atoms with Gasteiger partial charge in [0.15, 0.2) is 5.69 Å². The zero-order chi connectivity index (χ0) is 19.1. The van der Waals surface area contributed by atoms with Crippen LogP contribution in [0.25, 0.3) is 0 Å². The first-order chi connectivity index (χ1) is 12.9. The van der Waals surface area contributed by atoms with Gasteiger partial charge in [-0.25, -0.2) is 4.68 Å². The molecule has 1 aromatic heterocycles. The van der Waals surface area contributed by atoms with Gasteiger partial charge in [0.05, 0.1) is 12.2 Å². The molecule has 0 N–H and O–H groups in total. The van der Waals surface area contributed by atoms with Crippen molar-refractivity contribution < 1.29 is 4.79 Å². The van der Waals surface area contributed by atoms with Gasteiger partial charge in [0, 0.05) is 19.0 Å². The fourth-order valence-electron chi connectivity index (χ4n) is 4.89. The van der Waals surface area contributed by atoms with E-state index >= 15 is 0 Å². The van der Waals surface area contributed by atoms with Crippen LogP contribution in [0.2, 0.25) is 0 Å². The Morgan fingerprint density at radius 3 is 2.48 bits per heavy atom. The molecule has 144 valence electrons. The maximum atomic E-state index is 13.0. The lowest BCUT2D eigenvalue weighted by Crippen LogP contribution is -2.36. The molecule has 1 aromatic carbocycles. The highest BCUT2D eigenvalue weighted by Gasteiger charge is 2.62. The number of carbonyl (C=O) groups is 1. The van der Waals surface area contributed by atoms with Crippen molar-refractivity contribution in [3.05, 3.63) is 47.8 Å². The highest BCUT2D eigenvalue weighted by molar-refractivity contribution is 5.91. The number of hydrogen-bond acceptors (Lipinski definition) is 3. The molecule has 1 atom stereocenters. The second kappa shape index (κ2) is 6.77. The van der Waals surface area contributed by atoms with Gasteiger partial charge in [0.1, 0.15) is 0 Å². The van der Waals surface area contributed by atoms with Crippen molar-refractivity contribution in [1.29, 1.82) is 0 Å². The lowest BCUT2D eigenvalue weighted by molar-refractivity contribution is 0.0769. The lowest BCUT2D eigenvalue weighted by atomic mass is 9.87. The third kappa shape index (κ3) is 3.28. The highest BCUT2D eigenvalue weighted by atomic mass is 16.2. The number of amides is 1. The Kier molecular flexibility index (Phi) is 4.57. The van der Waals surface area contributed by atoms with Gasteiger partial charge in [-0.3, -0.25) is 4.79 Å². The summed E-state index contributed by atoms with van der Waals surface area (Å²) < 4.78 is 1.91. The molecule has 0 saturated heterocycles.